The van der Waals surface area contributed by atoms with E-state index in [1.54, 1.807) is 26.0 Å². The number of nitrogens with zero attached hydrogens (tertiary/aromatic N) is 2. The van der Waals surface area contributed by atoms with Crippen molar-refractivity contribution in [2.45, 2.75) is 24.1 Å². The molecule has 28 heavy (non-hydrogen) atoms. The van der Waals surface area contributed by atoms with Crippen LogP contribution in [-0.4, -0.2) is 33.9 Å². The molecular formula is C20H19FN4O2S. The number of carbonyl (C=O) groups is 2. The molecule has 8 heteroatoms. The van der Waals surface area contributed by atoms with Crippen molar-refractivity contribution < 1.29 is 14.0 Å². The molecule has 6 nitrogen and oxygen atoms in total. The Balaban J connectivity index is 1.89. The summed E-state index contributed by atoms with van der Waals surface area (Å²) < 4.78 is 13.2. The van der Waals surface area contributed by atoms with Crippen LogP contribution in [0.2, 0.25) is 0 Å². The number of thioether (sulfide) groups is 1. The van der Waals surface area contributed by atoms with Crippen LogP contribution in [0.25, 0.3) is 22.0 Å². The van der Waals surface area contributed by atoms with Crippen molar-refractivity contribution in [3.05, 3.63) is 54.3 Å². The molecule has 0 unspecified atom stereocenters. The second-order valence-corrected chi connectivity index (χ2v) is 7.34. The fourth-order valence-corrected chi connectivity index (χ4v) is 3.52. The Kier molecular flexibility index (Phi) is 6.20. The van der Waals surface area contributed by atoms with Gasteiger partial charge in [-0.25, -0.2) is 9.18 Å². The van der Waals surface area contributed by atoms with Gasteiger partial charge in [0, 0.05) is 22.9 Å². The molecule has 3 aromatic rings. The lowest BCUT2D eigenvalue weighted by atomic mass is 10.1. The van der Waals surface area contributed by atoms with Gasteiger partial charge >= 0.3 is 6.03 Å². The Hall–Kier alpha value is -3.00. The Morgan fingerprint density at radius 2 is 1.75 bits per heavy atom. The molecule has 0 bridgehead atoms. The van der Waals surface area contributed by atoms with E-state index in [1.165, 1.54) is 23.9 Å². The number of aromatic nitrogens is 2. The molecule has 144 valence electrons. The van der Waals surface area contributed by atoms with Gasteiger partial charge in [-0.05, 0) is 38.1 Å². The number of hydrogen-bond donors (Lipinski definition) is 2. The highest BCUT2D eigenvalue weighted by Gasteiger charge is 2.20. The van der Waals surface area contributed by atoms with E-state index in [2.05, 4.69) is 20.8 Å². The van der Waals surface area contributed by atoms with E-state index in [0.29, 0.717) is 17.3 Å². The molecule has 0 aliphatic rings. The summed E-state index contributed by atoms with van der Waals surface area (Å²) in [5.74, 6) is -0.732. The SMILES string of the molecule is CCNC(=O)NC(=O)[C@@H](C)Sc1nnc(-c2ccc(F)cc2)c2ccccc12. The number of hydrogen-bond acceptors (Lipinski definition) is 5. The number of imide groups is 1. The third-order valence-corrected chi connectivity index (χ3v) is 5.10. The summed E-state index contributed by atoms with van der Waals surface area (Å²) in [7, 11) is 0. The summed E-state index contributed by atoms with van der Waals surface area (Å²) in [6, 6.07) is 13.1. The summed E-state index contributed by atoms with van der Waals surface area (Å²) in [6.45, 7) is 3.90. The minimum atomic E-state index is -0.544. The third kappa shape index (κ3) is 4.45. The molecule has 0 aliphatic carbocycles. The molecule has 0 radical (unpaired) electrons. The van der Waals surface area contributed by atoms with Crippen molar-refractivity contribution >= 4 is 34.5 Å². The van der Waals surface area contributed by atoms with Gasteiger partial charge in [-0.1, -0.05) is 36.0 Å². The van der Waals surface area contributed by atoms with Gasteiger partial charge in [0.15, 0.2) is 0 Å². The molecule has 2 N–H and O–H groups in total. The van der Waals surface area contributed by atoms with Crippen molar-refractivity contribution in [1.29, 1.82) is 0 Å². The van der Waals surface area contributed by atoms with Crippen molar-refractivity contribution in [2.24, 2.45) is 0 Å². The van der Waals surface area contributed by atoms with Gasteiger partial charge in [-0.3, -0.25) is 10.1 Å². The zero-order valence-electron chi connectivity index (χ0n) is 15.4. The maximum absolute atomic E-state index is 13.2. The zero-order chi connectivity index (χ0) is 20.1. The van der Waals surface area contributed by atoms with Crippen LogP contribution in [0.3, 0.4) is 0 Å². The largest absolute Gasteiger partial charge is 0.338 e. The number of halogens is 1. The molecular weight excluding hydrogens is 379 g/mol. The molecule has 1 atom stereocenters. The van der Waals surface area contributed by atoms with Crippen LogP contribution in [0, 0.1) is 5.82 Å². The Bertz CT molecular complexity index is 1010. The van der Waals surface area contributed by atoms with Gasteiger partial charge in [-0.2, -0.15) is 0 Å². The summed E-state index contributed by atoms with van der Waals surface area (Å²) in [5, 5.41) is 15.1. The summed E-state index contributed by atoms with van der Waals surface area (Å²) >= 11 is 1.22. The van der Waals surface area contributed by atoms with Crippen LogP contribution in [-0.2, 0) is 4.79 Å². The predicted molar refractivity (Wildman–Crippen MR) is 107 cm³/mol. The second-order valence-electron chi connectivity index (χ2n) is 6.02. The monoisotopic (exact) mass is 398 g/mol. The van der Waals surface area contributed by atoms with E-state index in [9.17, 15) is 14.0 Å². The van der Waals surface area contributed by atoms with Gasteiger partial charge in [0.25, 0.3) is 0 Å². The average molecular weight is 398 g/mol. The van der Waals surface area contributed by atoms with Gasteiger partial charge in [0.05, 0.1) is 5.25 Å². The molecule has 0 saturated heterocycles. The smallest absolute Gasteiger partial charge is 0.321 e. The molecule has 3 rings (SSSR count). The molecule has 2 aromatic carbocycles. The molecule has 0 aliphatic heterocycles. The minimum absolute atomic E-state index is 0.319. The number of amides is 3. The van der Waals surface area contributed by atoms with Gasteiger partial charge in [0.1, 0.15) is 16.5 Å². The first-order valence-corrected chi connectivity index (χ1v) is 9.64. The average Bonchev–Trinajstić information content (AvgIpc) is 2.69. The summed E-state index contributed by atoms with van der Waals surface area (Å²) in [6.07, 6.45) is 0. The van der Waals surface area contributed by atoms with Crippen LogP contribution in [0.5, 0.6) is 0 Å². The number of benzene rings is 2. The molecule has 1 aromatic heterocycles. The first-order valence-electron chi connectivity index (χ1n) is 8.76. The molecule has 0 saturated carbocycles. The van der Waals surface area contributed by atoms with Crippen molar-refractivity contribution in [3.8, 4) is 11.3 Å². The highest BCUT2D eigenvalue weighted by atomic mass is 32.2. The lowest BCUT2D eigenvalue weighted by molar-refractivity contribution is -0.119. The lowest BCUT2D eigenvalue weighted by Crippen LogP contribution is -2.42. The number of urea groups is 1. The van der Waals surface area contributed by atoms with E-state index in [1.807, 2.05) is 24.3 Å². The fourth-order valence-electron chi connectivity index (χ4n) is 2.63. The van der Waals surface area contributed by atoms with E-state index in [4.69, 9.17) is 0 Å². The molecule has 0 fully saturated rings. The van der Waals surface area contributed by atoms with E-state index >= 15 is 0 Å². The van der Waals surface area contributed by atoms with Crippen LogP contribution < -0.4 is 10.6 Å². The Morgan fingerprint density at radius 3 is 2.43 bits per heavy atom. The van der Waals surface area contributed by atoms with Gasteiger partial charge in [-0.15, -0.1) is 10.2 Å². The van der Waals surface area contributed by atoms with E-state index in [0.717, 1.165) is 16.3 Å². The number of carbonyl (C=O) groups excluding carboxylic acids is 2. The Labute approximate surface area is 165 Å². The van der Waals surface area contributed by atoms with Crippen molar-refractivity contribution in [1.82, 2.24) is 20.8 Å². The highest BCUT2D eigenvalue weighted by molar-refractivity contribution is 8.00. The lowest BCUT2D eigenvalue weighted by Gasteiger charge is -2.13. The van der Waals surface area contributed by atoms with Crippen LogP contribution in [0.1, 0.15) is 13.8 Å². The minimum Gasteiger partial charge on any atom is -0.338 e. The number of nitrogens with one attached hydrogen (secondary N) is 2. The fraction of sp³-hybridized carbons (Fsp3) is 0.200. The van der Waals surface area contributed by atoms with Crippen LogP contribution in [0.4, 0.5) is 9.18 Å². The van der Waals surface area contributed by atoms with Crippen molar-refractivity contribution in [3.63, 3.8) is 0 Å². The van der Waals surface area contributed by atoms with Gasteiger partial charge < -0.3 is 5.32 Å². The van der Waals surface area contributed by atoms with Crippen molar-refractivity contribution in [2.75, 3.05) is 6.54 Å². The maximum Gasteiger partial charge on any atom is 0.321 e. The second kappa shape index (κ2) is 8.79. The predicted octanol–water partition coefficient (Wildman–Crippen LogP) is 3.76. The number of rotatable bonds is 5. The first-order chi connectivity index (χ1) is 13.5. The third-order valence-electron chi connectivity index (χ3n) is 4.00. The molecule has 3 amide bonds. The maximum atomic E-state index is 13.2. The summed E-state index contributed by atoms with van der Waals surface area (Å²) in [5.41, 5.74) is 1.39. The van der Waals surface area contributed by atoms with E-state index < -0.39 is 17.2 Å². The topological polar surface area (TPSA) is 84.0 Å². The van der Waals surface area contributed by atoms with Gasteiger partial charge in [0.2, 0.25) is 5.91 Å². The molecule has 1 heterocycles. The summed E-state index contributed by atoms with van der Waals surface area (Å²) in [4.78, 5) is 23.8. The first kappa shape index (κ1) is 19.8. The molecule has 0 spiro atoms. The normalized spacial score (nSPS) is 11.8. The Morgan fingerprint density at radius 1 is 1.07 bits per heavy atom. The zero-order valence-corrected chi connectivity index (χ0v) is 16.2. The van der Waals surface area contributed by atoms with E-state index in [-0.39, 0.29) is 5.82 Å². The van der Waals surface area contributed by atoms with Crippen LogP contribution in [0.15, 0.2) is 53.6 Å². The van der Waals surface area contributed by atoms with Crippen LogP contribution >= 0.6 is 11.8 Å². The standard InChI is InChI=1S/C20H19FN4O2S/c1-3-22-20(27)23-18(26)12(2)28-19-16-7-5-4-6-15(16)17(24-25-19)13-8-10-14(21)11-9-13/h4-12H,3H2,1-2H3,(H2,22,23,26,27)/t12-/m1/s1. The highest BCUT2D eigenvalue weighted by Crippen LogP contribution is 2.33. The number of fused-ring (bicyclic) bond motifs is 1. The quantitative estimate of drug-likeness (QED) is 0.640.